The molecule has 7 heteroatoms. The van der Waals surface area contributed by atoms with Crippen LogP contribution in [-0.4, -0.2) is 33.5 Å². The Bertz CT molecular complexity index is 1640. The Morgan fingerprint density at radius 1 is 1.00 bits per heavy atom. The number of hydrogen-bond acceptors (Lipinski definition) is 4. The number of carboxylic acid groups (broad SMARTS) is 1. The molecular formula is C34H34BrN3O3. The largest absolute Gasteiger partial charge is 0.481 e. The molecule has 41 heavy (non-hydrogen) atoms. The SMILES string of the molecule is CCc1ccccc1NC1CC2(C(=O)O)CCC1(NC(=O)c1c(C)c(-c3ccccc3)nc3ccc(Br)cc13)CC2. The first-order chi connectivity index (χ1) is 19.7. The van der Waals surface area contributed by atoms with E-state index >= 15 is 0 Å². The van der Waals surface area contributed by atoms with Gasteiger partial charge in [-0.15, -0.1) is 0 Å². The molecule has 4 aromatic rings. The van der Waals surface area contributed by atoms with Crippen LogP contribution >= 0.6 is 15.9 Å². The van der Waals surface area contributed by atoms with Crippen LogP contribution in [0.15, 0.2) is 77.3 Å². The fraction of sp³-hybridized carbons (Fsp3) is 0.324. The van der Waals surface area contributed by atoms with Gasteiger partial charge >= 0.3 is 5.97 Å². The molecule has 3 fully saturated rings. The molecule has 0 spiro atoms. The Hall–Kier alpha value is -3.71. The van der Waals surface area contributed by atoms with Gasteiger partial charge in [0.15, 0.2) is 0 Å². The average molecular weight is 613 g/mol. The van der Waals surface area contributed by atoms with E-state index in [1.165, 1.54) is 5.56 Å². The summed E-state index contributed by atoms with van der Waals surface area (Å²) in [5.74, 6) is -0.883. The Kier molecular flexibility index (Phi) is 7.10. The summed E-state index contributed by atoms with van der Waals surface area (Å²) < 4.78 is 0.878. The number of benzene rings is 3. The topological polar surface area (TPSA) is 91.3 Å². The van der Waals surface area contributed by atoms with Gasteiger partial charge in [-0.05, 0) is 80.8 Å². The highest BCUT2D eigenvalue weighted by atomic mass is 79.9. The molecule has 0 saturated heterocycles. The molecule has 1 aromatic heterocycles. The van der Waals surface area contributed by atoms with Crippen LogP contribution in [0.1, 0.15) is 60.5 Å². The Morgan fingerprint density at radius 2 is 1.71 bits per heavy atom. The summed E-state index contributed by atoms with van der Waals surface area (Å²) in [6.07, 6.45) is 3.64. The lowest BCUT2D eigenvalue weighted by atomic mass is 9.54. The van der Waals surface area contributed by atoms with Crippen LogP contribution in [0.2, 0.25) is 0 Å². The van der Waals surface area contributed by atoms with Crippen molar-refractivity contribution in [3.8, 4) is 11.3 Å². The fourth-order valence-electron chi connectivity index (χ4n) is 6.96. The molecule has 3 aliphatic carbocycles. The molecule has 3 aromatic carbocycles. The van der Waals surface area contributed by atoms with E-state index in [-0.39, 0.29) is 11.9 Å². The summed E-state index contributed by atoms with van der Waals surface area (Å²) in [5, 5.41) is 18.2. The fourth-order valence-corrected chi connectivity index (χ4v) is 7.32. The maximum atomic E-state index is 14.5. The molecule has 2 bridgehead atoms. The van der Waals surface area contributed by atoms with Crippen LogP contribution in [0.5, 0.6) is 0 Å². The number of halogens is 1. The number of hydrogen-bond donors (Lipinski definition) is 3. The molecule has 3 aliphatic rings. The predicted octanol–water partition coefficient (Wildman–Crippen LogP) is 7.53. The Labute approximate surface area is 248 Å². The summed E-state index contributed by atoms with van der Waals surface area (Å²) in [7, 11) is 0. The van der Waals surface area contributed by atoms with Crippen LogP contribution < -0.4 is 10.6 Å². The molecule has 1 heterocycles. The van der Waals surface area contributed by atoms with E-state index in [4.69, 9.17) is 4.98 Å². The standard InChI is InChI=1S/C34H34BrN3O3/c1-3-22-9-7-8-12-26(22)36-28-20-33(32(40)41)15-17-34(28,18-16-33)38-31(39)29-21(2)30(23-10-5-4-6-11-23)37-27-14-13-24(35)19-25(27)29/h4-14,19,28,36H,3,15-18,20H2,1-2H3,(H,38,39)(H,40,41). The van der Waals surface area contributed by atoms with Crippen molar-refractivity contribution in [1.29, 1.82) is 0 Å². The van der Waals surface area contributed by atoms with Crippen LogP contribution in [0.4, 0.5) is 5.69 Å². The van der Waals surface area contributed by atoms with Gasteiger partial charge in [0.2, 0.25) is 0 Å². The normalized spacial score (nSPS) is 23.3. The molecule has 1 atom stereocenters. The minimum Gasteiger partial charge on any atom is -0.481 e. The smallest absolute Gasteiger partial charge is 0.309 e. The summed E-state index contributed by atoms with van der Waals surface area (Å²) >= 11 is 3.59. The summed E-state index contributed by atoms with van der Waals surface area (Å²) in [4.78, 5) is 31.9. The minimum absolute atomic E-state index is 0.148. The van der Waals surface area contributed by atoms with Crippen molar-refractivity contribution in [3.63, 3.8) is 0 Å². The van der Waals surface area contributed by atoms with Gasteiger partial charge < -0.3 is 15.7 Å². The monoisotopic (exact) mass is 611 g/mol. The molecule has 1 unspecified atom stereocenters. The molecule has 0 radical (unpaired) electrons. The molecule has 6 nitrogen and oxygen atoms in total. The van der Waals surface area contributed by atoms with Gasteiger partial charge in [-0.25, -0.2) is 4.98 Å². The average Bonchev–Trinajstić information content (AvgIpc) is 2.98. The van der Waals surface area contributed by atoms with E-state index in [0.717, 1.165) is 44.3 Å². The van der Waals surface area contributed by atoms with E-state index in [1.807, 2.05) is 73.7 Å². The number of para-hydroxylation sites is 1. The number of carboxylic acids is 1. The summed E-state index contributed by atoms with van der Waals surface area (Å²) in [5.41, 5.74) is 4.76. The van der Waals surface area contributed by atoms with E-state index < -0.39 is 16.9 Å². The van der Waals surface area contributed by atoms with Crippen molar-refractivity contribution in [3.05, 3.63) is 94.0 Å². The molecule has 7 rings (SSSR count). The number of anilines is 1. The number of nitrogens with one attached hydrogen (secondary N) is 2. The van der Waals surface area contributed by atoms with Crippen molar-refractivity contribution in [2.45, 2.75) is 64.0 Å². The van der Waals surface area contributed by atoms with Crippen molar-refractivity contribution in [2.24, 2.45) is 5.41 Å². The number of amides is 1. The summed E-state index contributed by atoms with van der Waals surface area (Å²) in [6.45, 7) is 4.08. The van der Waals surface area contributed by atoms with Crippen LogP contribution in [0.25, 0.3) is 22.2 Å². The molecule has 3 saturated carbocycles. The number of carbonyl (C=O) groups is 2. The van der Waals surface area contributed by atoms with Crippen molar-refractivity contribution in [2.75, 3.05) is 5.32 Å². The molecule has 3 N–H and O–H groups in total. The molecule has 0 aliphatic heterocycles. The highest BCUT2D eigenvalue weighted by Gasteiger charge is 2.58. The van der Waals surface area contributed by atoms with Gasteiger partial charge in [-0.1, -0.05) is 71.4 Å². The number of carbonyl (C=O) groups excluding carboxylic acids is 1. The number of fused-ring (bicyclic) bond motifs is 4. The zero-order chi connectivity index (χ0) is 28.8. The molecule has 210 valence electrons. The first-order valence-corrected chi connectivity index (χ1v) is 15.1. The van der Waals surface area contributed by atoms with Gasteiger partial charge in [0.1, 0.15) is 0 Å². The third-order valence-corrected chi connectivity index (χ3v) is 9.86. The minimum atomic E-state index is -0.768. The maximum Gasteiger partial charge on any atom is 0.309 e. The second-order valence-corrected chi connectivity index (χ2v) is 12.5. The summed E-state index contributed by atoms with van der Waals surface area (Å²) in [6, 6.07) is 23.7. The van der Waals surface area contributed by atoms with Gasteiger partial charge in [-0.3, -0.25) is 9.59 Å². The zero-order valence-corrected chi connectivity index (χ0v) is 24.9. The number of aromatic nitrogens is 1. The second-order valence-electron chi connectivity index (χ2n) is 11.6. The number of pyridine rings is 1. The number of aryl methyl sites for hydroxylation is 1. The number of rotatable bonds is 7. The Balaban J connectivity index is 1.43. The zero-order valence-electron chi connectivity index (χ0n) is 23.3. The quantitative estimate of drug-likeness (QED) is 0.201. The van der Waals surface area contributed by atoms with Crippen LogP contribution in [0.3, 0.4) is 0 Å². The third-order valence-electron chi connectivity index (χ3n) is 9.37. The highest BCUT2D eigenvalue weighted by molar-refractivity contribution is 9.10. The molecular weight excluding hydrogens is 578 g/mol. The van der Waals surface area contributed by atoms with Crippen LogP contribution in [0, 0.1) is 12.3 Å². The third kappa shape index (κ3) is 4.80. The predicted molar refractivity (Wildman–Crippen MR) is 166 cm³/mol. The van der Waals surface area contributed by atoms with E-state index in [9.17, 15) is 14.7 Å². The second kappa shape index (κ2) is 10.6. The first-order valence-electron chi connectivity index (χ1n) is 14.3. The van der Waals surface area contributed by atoms with Crippen molar-refractivity contribution >= 4 is 44.4 Å². The maximum absolute atomic E-state index is 14.5. The van der Waals surface area contributed by atoms with Crippen molar-refractivity contribution in [1.82, 2.24) is 10.3 Å². The van der Waals surface area contributed by atoms with Gasteiger partial charge in [0.25, 0.3) is 5.91 Å². The van der Waals surface area contributed by atoms with Crippen molar-refractivity contribution < 1.29 is 14.7 Å². The van der Waals surface area contributed by atoms with Crippen LogP contribution in [-0.2, 0) is 11.2 Å². The first kappa shape index (κ1) is 27.5. The molecule has 1 amide bonds. The Morgan fingerprint density at radius 3 is 2.41 bits per heavy atom. The number of aliphatic carboxylic acids is 1. The number of nitrogens with zero attached hydrogens (tertiary/aromatic N) is 1. The van der Waals surface area contributed by atoms with Gasteiger partial charge in [0, 0.05) is 21.1 Å². The van der Waals surface area contributed by atoms with E-state index in [1.54, 1.807) is 0 Å². The lowest BCUT2D eigenvalue weighted by Gasteiger charge is -2.56. The lowest BCUT2D eigenvalue weighted by Crippen LogP contribution is -2.68. The van der Waals surface area contributed by atoms with Gasteiger partial charge in [-0.2, -0.15) is 0 Å². The van der Waals surface area contributed by atoms with E-state index in [2.05, 4.69) is 39.6 Å². The lowest BCUT2D eigenvalue weighted by molar-refractivity contribution is -0.157. The van der Waals surface area contributed by atoms with E-state index in [0.29, 0.717) is 37.7 Å². The highest BCUT2D eigenvalue weighted by Crippen LogP contribution is 2.53. The van der Waals surface area contributed by atoms with Gasteiger partial charge in [0.05, 0.1) is 33.8 Å².